The average Bonchev–Trinajstić information content (AvgIpc) is 3.15. The maximum absolute atomic E-state index is 12.9. The number of pyridine rings is 1. The first-order chi connectivity index (χ1) is 13.8. The van der Waals surface area contributed by atoms with E-state index in [-0.39, 0.29) is 5.91 Å². The molecule has 0 radical (unpaired) electrons. The van der Waals surface area contributed by atoms with Gasteiger partial charge in [0.25, 0.3) is 5.91 Å². The van der Waals surface area contributed by atoms with Gasteiger partial charge in [0.2, 0.25) is 0 Å². The minimum atomic E-state index is 0.120. The first kappa shape index (κ1) is 17.3. The summed E-state index contributed by atoms with van der Waals surface area (Å²) in [5, 5.41) is 1.20. The number of nitrogens with one attached hydrogen (secondary N) is 1. The van der Waals surface area contributed by atoms with Gasteiger partial charge >= 0.3 is 0 Å². The van der Waals surface area contributed by atoms with Crippen LogP contribution >= 0.6 is 0 Å². The van der Waals surface area contributed by atoms with Crippen molar-refractivity contribution in [3.05, 3.63) is 59.9 Å². The fraction of sp³-hybridized carbons (Fsp3) is 0.391. The molecule has 2 aliphatic rings. The van der Waals surface area contributed by atoms with Gasteiger partial charge in [-0.25, -0.2) is 4.98 Å². The Morgan fingerprint density at radius 2 is 1.86 bits per heavy atom. The van der Waals surface area contributed by atoms with Crippen LogP contribution in [0, 0.1) is 0 Å². The van der Waals surface area contributed by atoms with Gasteiger partial charge < -0.3 is 14.6 Å². The number of ether oxygens (including phenoxy) is 1. The van der Waals surface area contributed by atoms with Crippen LogP contribution in [0.4, 0.5) is 0 Å². The molecule has 3 aromatic rings. The molecule has 0 atom stereocenters. The highest BCUT2D eigenvalue weighted by molar-refractivity contribution is 5.94. The molecule has 0 bridgehead atoms. The summed E-state index contributed by atoms with van der Waals surface area (Å²) in [4.78, 5) is 22.5. The SMILES string of the molecule is O=C(c1ccc(OC2CCC2)cc1)N1CCC(c2c[nH]c3ncccc23)CC1. The second kappa shape index (κ2) is 7.30. The number of aromatic nitrogens is 2. The zero-order valence-electron chi connectivity index (χ0n) is 15.9. The molecule has 1 N–H and O–H groups in total. The van der Waals surface area contributed by atoms with Gasteiger partial charge in [-0.2, -0.15) is 0 Å². The van der Waals surface area contributed by atoms with Crippen molar-refractivity contribution in [1.29, 1.82) is 0 Å². The summed E-state index contributed by atoms with van der Waals surface area (Å²) in [5.41, 5.74) is 3.02. The van der Waals surface area contributed by atoms with E-state index in [4.69, 9.17) is 4.74 Å². The molecule has 1 saturated heterocycles. The zero-order chi connectivity index (χ0) is 18.9. The van der Waals surface area contributed by atoms with Crippen molar-refractivity contribution < 1.29 is 9.53 Å². The van der Waals surface area contributed by atoms with Crippen LogP contribution < -0.4 is 4.74 Å². The molecule has 2 aromatic heterocycles. The molecule has 5 nitrogen and oxygen atoms in total. The molecule has 5 heteroatoms. The summed E-state index contributed by atoms with van der Waals surface area (Å²) < 4.78 is 5.89. The van der Waals surface area contributed by atoms with Crippen molar-refractivity contribution in [2.75, 3.05) is 13.1 Å². The summed E-state index contributed by atoms with van der Waals surface area (Å²) in [6.45, 7) is 1.58. The largest absolute Gasteiger partial charge is 0.490 e. The molecule has 1 aromatic carbocycles. The fourth-order valence-corrected chi connectivity index (χ4v) is 4.25. The number of carbonyl (C=O) groups excluding carboxylic acids is 1. The summed E-state index contributed by atoms with van der Waals surface area (Å²) in [7, 11) is 0. The number of rotatable bonds is 4. The van der Waals surface area contributed by atoms with E-state index >= 15 is 0 Å². The number of benzene rings is 1. The second-order valence-corrected chi connectivity index (χ2v) is 7.91. The number of piperidine rings is 1. The highest BCUT2D eigenvalue weighted by atomic mass is 16.5. The van der Waals surface area contributed by atoms with Gasteiger partial charge in [-0.15, -0.1) is 0 Å². The zero-order valence-corrected chi connectivity index (χ0v) is 15.9. The summed E-state index contributed by atoms with van der Waals surface area (Å²) in [6, 6.07) is 11.8. The van der Waals surface area contributed by atoms with Crippen molar-refractivity contribution in [2.45, 2.75) is 44.1 Å². The van der Waals surface area contributed by atoms with Crippen LogP contribution in [0.1, 0.15) is 53.9 Å². The molecule has 2 fully saturated rings. The highest BCUT2D eigenvalue weighted by Gasteiger charge is 2.26. The van der Waals surface area contributed by atoms with E-state index in [9.17, 15) is 4.79 Å². The maximum atomic E-state index is 12.9. The van der Waals surface area contributed by atoms with E-state index in [1.54, 1.807) is 0 Å². The minimum Gasteiger partial charge on any atom is -0.490 e. The number of likely N-dealkylation sites (tertiary alicyclic amines) is 1. The second-order valence-electron chi connectivity index (χ2n) is 7.91. The highest BCUT2D eigenvalue weighted by Crippen LogP contribution is 2.33. The van der Waals surface area contributed by atoms with Crippen molar-refractivity contribution >= 4 is 16.9 Å². The molecule has 1 aliphatic heterocycles. The van der Waals surface area contributed by atoms with E-state index in [0.717, 1.165) is 55.7 Å². The predicted octanol–water partition coefficient (Wildman–Crippen LogP) is 4.51. The monoisotopic (exact) mass is 375 g/mol. The van der Waals surface area contributed by atoms with E-state index in [1.807, 2.05) is 41.4 Å². The molecule has 1 aliphatic carbocycles. The average molecular weight is 375 g/mol. The lowest BCUT2D eigenvalue weighted by Crippen LogP contribution is -2.37. The third-order valence-corrected chi connectivity index (χ3v) is 6.16. The number of carbonyl (C=O) groups is 1. The number of hydrogen-bond acceptors (Lipinski definition) is 3. The molecule has 0 unspecified atom stereocenters. The third kappa shape index (κ3) is 3.26. The standard InChI is InChI=1S/C23H25N3O2/c27-23(17-6-8-19(9-7-17)28-18-3-1-4-18)26-13-10-16(11-14-26)21-15-25-22-20(21)5-2-12-24-22/h2,5-9,12,15-16,18H,1,3-4,10-11,13-14H2,(H,24,25). The molecular weight excluding hydrogens is 350 g/mol. The van der Waals surface area contributed by atoms with E-state index in [2.05, 4.69) is 22.2 Å². The Bertz CT molecular complexity index is 967. The van der Waals surface area contributed by atoms with Crippen molar-refractivity contribution in [3.63, 3.8) is 0 Å². The number of amides is 1. The van der Waals surface area contributed by atoms with Crippen molar-refractivity contribution in [1.82, 2.24) is 14.9 Å². The Kier molecular flexibility index (Phi) is 4.51. The molecular formula is C23H25N3O2. The number of aromatic amines is 1. The predicted molar refractivity (Wildman–Crippen MR) is 109 cm³/mol. The lowest BCUT2D eigenvalue weighted by atomic mass is 9.89. The molecule has 144 valence electrons. The smallest absolute Gasteiger partial charge is 0.253 e. The quantitative estimate of drug-likeness (QED) is 0.730. The van der Waals surface area contributed by atoms with E-state index < -0.39 is 0 Å². The normalized spacial score (nSPS) is 18.2. The Hall–Kier alpha value is -2.82. The van der Waals surface area contributed by atoms with Gasteiger partial charge in [-0.3, -0.25) is 4.79 Å². The van der Waals surface area contributed by atoms with E-state index in [0.29, 0.717) is 12.0 Å². The summed E-state index contributed by atoms with van der Waals surface area (Å²) in [6.07, 6.45) is 9.76. The van der Waals surface area contributed by atoms with Crippen LogP contribution in [0.2, 0.25) is 0 Å². The topological polar surface area (TPSA) is 58.2 Å². The molecule has 0 spiro atoms. The van der Waals surface area contributed by atoms with Crippen LogP contribution in [0.3, 0.4) is 0 Å². The third-order valence-electron chi connectivity index (χ3n) is 6.16. The van der Waals surface area contributed by atoms with Gasteiger partial charge in [0.15, 0.2) is 0 Å². The Balaban J connectivity index is 1.22. The van der Waals surface area contributed by atoms with Gasteiger partial charge in [0.05, 0.1) is 6.10 Å². The van der Waals surface area contributed by atoms with E-state index in [1.165, 1.54) is 17.4 Å². The van der Waals surface area contributed by atoms with Crippen LogP contribution in [0.5, 0.6) is 5.75 Å². The minimum absolute atomic E-state index is 0.120. The summed E-state index contributed by atoms with van der Waals surface area (Å²) in [5.74, 6) is 1.46. The first-order valence-corrected chi connectivity index (χ1v) is 10.3. The Labute approximate surface area is 164 Å². The van der Waals surface area contributed by atoms with Crippen molar-refractivity contribution in [3.8, 4) is 5.75 Å². The summed E-state index contributed by atoms with van der Waals surface area (Å²) >= 11 is 0. The van der Waals surface area contributed by atoms with Gasteiger partial charge in [0.1, 0.15) is 11.4 Å². The molecule has 5 rings (SSSR count). The molecule has 1 saturated carbocycles. The molecule has 28 heavy (non-hydrogen) atoms. The van der Waals surface area contributed by atoms with Crippen LogP contribution in [0.15, 0.2) is 48.8 Å². The van der Waals surface area contributed by atoms with Gasteiger partial charge in [-0.1, -0.05) is 0 Å². The number of H-pyrrole nitrogens is 1. The van der Waals surface area contributed by atoms with Crippen LogP contribution in [-0.2, 0) is 0 Å². The van der Waals surface area contributed by atoms with Crippen LogP contribution in [0.25, 0.3) is 11.0 Å². The molecule has 3 heterocycles. The maximum Gasteiger partial charge on any atom is 0.253 e. The lowest BCUT2D eigenvalue weighted by molar-refractivity contribution is 0.0713. The number of nitrogens with zero attached hydrogens (tertiary/aromatic N) is 2. The number of hydrogen-bond donors (Lipinski definition) is 1. The Morgan fingerprint density at radius 1 is 1.07 bits per heavy atom. The van der Waals surface area contributed by atoms with Gasteiger partial charge in [-0.05, 0) is 80.0 Å². The fourth-order valence-electron chi connectivity index (χ4n) is 4.25. The van der Waals surface area contributed by atoms with Crippen LogP contribution in [-0.4, -0.2) is 40.0 Å². The van der Waals surface area contributed by atoms with Gasteiger partial charge in [0, 0.05) is 36.4 Å². The van der Waals surface area contributed by atoms with Crippen molar-refractivity contribution in [2.24, 2.45) is 0 Å². The first-order valence-electron chi connectivity index (χ1n) is 10.3. The molecule has 1 amide bonds. The lowest BCUT2D eigenvalue weighted by Gasteiger charge is -2.32. The Morgan fingerprint density at radius 3 is 2.57 bits per heavy atom. The number of fused-ring (bicyclic) bond motifs is 1.